The first-order valence-corrected chi connectivity index (χ1v) is 2.56. The standard InChI is InChI=1S/2C2H6NO2.3Cu.2H2O/c2*3-1-2(4)5;;;;;/h2*2-5H,1H2;;;;2*1H2/q2*-1;;;+2;;. The van der Waals surface area contributed by atoms with Crippen molar-refractivity contribution in [3.63, 3.8) is 0 Å². The minimum atomic E-state index is -1.45. The minimum Gasteiger partial charge on any atom is -0.673 e. The van der Waals surface area contributed by atoms with Gasteiger partial charge in [-0.1, -0.05) is 13.1 Å². The second-order valence-electron chi connectivity index (χ2n) is 1.37. The summed E-state index contributed by atoms with van der Waals surface area (Å²) in [6.07, 6.45) is -2.90. The van der Waals surface area contributed by atoms with Gasteiger partial charge in [0.15, 0.2) is 0 Å². The van der Waals surface area contributed by atoms with Gasteiger partial charge in [0.1, 0.15) is 12.6 Å². The quantitative estimate of drug-likeness (QED) is 0.295. The second-order valence-corrected chi connectivity index (χ2v) is 1.37. The van der Waals surface area contributed by atoms with Gasteiger partial charge in [-0.3, -0.25) is 0 Å². The van der Waals surface area contributed by atoms with Crippen LogP contribution in [0.3, 0.4) is 0 Å². The van der Waals surface area contributed by atoms with E-state index >= 15 is 0 Å². The molecule has 111 valence electrons. The fourth-order valence-electron chi connectivity index (χ4n) is 0. The van der Waals surface area contributed by atoms with Crippen LogP contribution in [0.2, 0.25) is 0 Å². The van der Waals surface area contributed by atoms with E-state index in [0.717, 1.165) is 0 Å². The summed E-state index contributed by atoms with van der Waals surface area (Å²) >= 11 is 0. The van der Waals surface area contributed by atoms with Crippen molar-refractivity contribution < 1.29 is 82.6 Å². The maximum atomic E-state index is 7.73. The fraction of sp³-hybridized carbons (Fsp3) is 1.00. The third-order valence-electron chi connectivity index (χ3n) is 0.365. The monoisotopic (exact) mass is 377 g/mol. The van der Waals surface area contributed by atoms with E-state index in [1.807, 2.05) is 0 Å². The number of nitrogens with one attached hydrogen (secondary N) is 2. The van der Waals surface area contributed by atoms with Crippen molar-refractivity contribution in [1.29, 1.82) is 0 Å². The van der Waals surface area contributed by atoms with Crippen LogP contribution in [0.4, 0.5) is 0 Å². The van der Waals surface area contributed by atoms with Crippen LogP contribution in [0.5, 0.6) is 0 Å². The van der Waals surface area contributed by atoms with E-state index in [9.17, 15) is 0 Å². The molecule has 3 radical (unpaired) electrons. The zero-order chi connectivity index (χ0) is 8.57. The predicted octanol–water partition coefficient (Wildman–Crippen LogP) is -2.96. The van der Waals surface area contributed by atoms with Crippen LogP contribution in [0.25, 0.3) is 11.5 Å². The average Bonchev–Trinajstić information content (AvgIpc) is 1.89. The van der Waals surface area contributed by atoms with E-state index in [2.05, 4.69) is 0 Å². The molecule has 10 N–H and O–H groups in total. The van der Waals surface area contributed by atoms with Gasteiger partial charge in [-0.05, 0) is 0 Å². The Balaban J connectivity index is -0.0000000128. The third-order valence-corrected chi connectivity index (χ3v) is 0.365. The van der Waals surface area contributed by atoms with E-state index in [1.54, 1.807) is 0 Å². The van der Waals surface area contributed by atoms with Crippen molar-refractivity contribution in [2.24, 2.45) is 0 Å². The summed E-state index contributed by atoms with van der Waals surface area (Å²) in [5.41, 5.74) is 12.3. The molecule has 15 heavy (non-hydrogen) atoms. The largest absolute Gasteiger partial charge is 2.00 e. The summed E-state index contributed by atoms with van der Waals surface area (Å²) in [4.78, 5) is 0. The maximum Gasteiger partial charge on any atom is 2.00 e. The molecule has 8 nitrogen and oxygen atoms in total. The van der Waals surface area contributed by atoms with Gasteiger partial charge in [0.05, 0.1) is 0 Å². The van der Waals surface area contributed by atoms with Gasteiger partial charge in [-0.15, -0.1) is 0 Å². The van der Waals surface area contributed by atoms with Crippen molar-refractivity contribution >= 4 is 0 Å². The second kappa shape index (κ2) is 36.2. The van der Waals surface area contributed by atoms with Crippen LogP contribution in [0, 0.1) is 0 Å². The minimum absolute atomic E-state index is 0. The first kappa shape index (κ1) is 44.2. The van der Waals surface area contributed by atoms with Crippen molar-refractivity contribution in [2.45, 2.75) is 12.6 Å². The van der Waals surface area contributed by atoms with Crippen molar-refractivity contribution in [3.05, 3.63) is 11.5 Å². The summed E-state index contributed by atoms with van der Waals surface area (Å²) in [5, 5.41) is 30.9. The Morgan fingerprint density at radius 2 is 0.800 bits per heavy atom. The van der Waals surface area contributed by atoms with Crippen molar-refractivity contribution in [1.82, 2.24) is 0 Å². The molecule has 0 rings (SSSR count). The Morgan fingerprint density at radius 1 is 0.733 bits per heavy atom. The summed E-state index contributed by atoms with van der Waals surface area (Å²) in [6, 6.07) is 0. The van der Waals surface area contributed by atoms with Crippen LogP contribution in [0.1, 0.15) is 0 Å². The molecule has 0 saturated carbocycles. The average molecular weight is 379 g/mol. The smallest absolute Gasteiger partial charge is 0.673 e. The van der Waals surface area contributed by atoms with Gasteiger partial charge in [0.2, 0.25) is 0 Å². The molecule has 0 aliphatic heterocycles. The number of aliphatic hydroxyl groups is 4. The van der Waals surface area contributed by atoms with E-state index in [0.29, 0.717) is 0 Å². The van der Waals surface area contributed by atoms with Gasteiger partial charge >= 0.3 is 17.1 Å². The van der Waals surface area contributed by atoms with Gasteiger partial charge in [0, 0.05) is 34.1 Å². The molecule has 0 fully saturated rings. The van der Waals surface area contributed by atoms with Crippen LogP contribution < -0.4 is 0 Å². The van der Waals surface area contributed by atoms with Gasteiger partial charge in [-0.2, -0.15) is 0 Å². The molecule has 0 saturated heterocycles. The predicted molar refractivity (Wildman–Crippen MR) is 42.1 cm³/mol. The van der Waals surface area contributed by atoms with Crippen LogP contribution in [-0.2, 0) is 51.2 Å². The van der Waals surface area contributed by atoms with Crippen LogP contribution in [-0.4, -0.2) is 57.0 Å². The fourth-order valence-corrected chi connectivity index (χ4v) is 0. The maximum absolute atomic E-state index is 7.73. The zero-order valence-corrected chi connectivity index (χ0v) is 10.1. The molecule has 0 spiro atoms. The molecular formula is C4H16Cu3N2O6. The van der Waals surface area contributed by atoms with Crippen molar-refractivity contribution in [3.8, 4) is 0 Å². The van der Waals surface area contributed by atoms with Crippen LogP contribution >= 0.6 is 0 Å². The first-order valence-electron chi connectivity index (χ1n) is 2.56. The van der Waals surface area contributed by atoms with Gasteiger partial charge < -0.3 is 42.8 Å². The van der Waals surface area contributed by atoms with Crippen molar-refractivity contribution in [2.75, 3.05) is 13.1 Å². The van der Waals surface area contributed by atoms with E-state index in [-0.39, 0.29) is 75.2 Å². The topological polar surface area (TPSA) is 192 Å². The van der Waals surface area contributed by atoms with E-state index in [1.165, 1.54) is 0 Å². The molecule has 11 heteroatoms. The molecule has 0 aromatic rings. The Hall–Kier alpha value is 1.24. The van der Waals surface area contributed by atoms with Gasteiger partial charge in [0.25, 0.3) is 0 Å². The molecule has 0 aromatic heterocycles. The number of rotatable bonds is 2. The molecular weight excluding hydrogens is 363 g/mol. The van der Waals surface area contributed by atoms with E-state index in [4.69, 9.17) is 31.9 Å². The Morgan fingerprint density at radius 3 is 0.800 bits per heavy atom. The molecule has 0 unspecified atom stereocenters. The molecule has 0 bridgehead atoms. The molecule has 0 heterocycles. The Kier molecular flexibility index (Phi) is 107. The molecule has 0 atom stereocenters. The summed E-state index contributed by atoms with van der Waals surface area (Å²) < 4.78 is 0. The summed E-state index contributed by atoms with van der Waals surface area (Å²) in [6.45, 7) is -0.667. The first-order chi connectivity index (χ1) is 4.54. The zero-order valence-electron chi connectivity index (χ0n) is 7.26. The van der Waals surface area contributed by atoms with E-state index < -0.39 is 12.6 Å². The summed E-state index contributed by atoms with van der Waals surface area (Å²) in [7, 11) is 0. The molecule has 0 aromatic carbocycles. The molecule has 0 aliphatic carbocycles. The number of hydrogen-bond acceptors (Lipinski definition) is 4. The third kappa shape index (κ3) is 97.3. The SMILES string of the molecule is O.O.[Cu+2].[Cu].[Cu].[NH-]CC(O)O.[NH-]CC(O)O. The number of aliphatic hydroxyl groups excluding tert-OH is 2. The van der Waals surface area contributed by atoms with Gasteiger partial charge in [-0.25, -0.2) is 0 Å². The Labute approximate surface area is 119 Å². The molecule has 0 amide bonds. The number of hydrogen-bond donors (Lipinski definition) is 4. The Bertz CT molecular complexity index is 64.3. The van der Waals surface area contributed by atoms with Crippen LogP contribution in [0.15, 0.2) is 0 Å². The molecule has 0 aliphatic rings. The normalized spacial score (nSPS) is 6.40. The summed E-state index contributed by atoms with van der Waals surface area (Å²) in [5.74, 6) is 0.